The Balaban J connectivity index is 1.64. The molecule has 0 radical (unpaired) electrons. The highest BCUT2D eigenvalue weighted by molar-refractivity contribution is 9.10. The number of hydrogen-bond acceptors (Lipinski definition) is 4. The number of carbonyl (C=O) groups excluding carboxylic acids is 1. The Hall–Kier alpha value is -0.880. The van der Waals surface area contributed by atoms with Crippen molar-refractivity contribution in [3.8, 4) is 0 Å². The van der Waals surface area contributed by atoms with Crippen LogP contribution >= 0.6 is 27.5 Å². The largest absolute Gasteiger partial charge is 0.369 e. The molecular formula is C13H18BrClN4O. The van der Waals surface area contributed by atoms with E-state index in [1.807, 2.05) is 0 Å². The van der Waals surface area contributed by atoms with Gasteiger partial charge in [-0.25, -0.2) is 4.98 Å². The average Bonchev–Trinajstić information content (AvgIpc) is 2.96. The van der Waals surface area contributed by atoms with Crippen LogP contribution in [0.2, 0.25) is 5.28 Å². The minimum Gasteiger partial charge on any atom is -0.369 e. The molecule has 1 aliphatic carbocycles. The molecule has 0 saturated heterocycles. The molecule has 2 rings (SSSR count). The number of aromatic nitrogens is 2. The second-order valence-corrected chi connectivity index (χ2v) is 6.08. The Morgan fingerprint density at radius 1 is 1.40 bits per heavy atom. The fourth-order valence-corrected chi connectivity index (χ4v) is 2.77. The summed E-state index contributed by atoms with van der Waals surface area (Å²) in [6, 6.07) is 0. The maximum atomic E-state index is 11.8. The summed E-state index contributed by atoms with van der Waals surface area (Å²) < 4.78 is 0.775. The van der Waals surface area contributed by atoms with E-state index in [1.165, 1.54) is 12.8 Å². The minimum atomic E-state index is 0.203. The molecule has 1 fully saturated rings. The summed E-state index contributed by atoms with van der Waals surface area (Å²) in [5, 5.41) is 6.36. The summed E-state index contributed by atoms with van der Waals surface area (Å²) in [6.45, 7) is 1.40. The molecule has 1 amide bonds. The molecular weight excluding hydrogens is 344 g/mol. The maximum Gasteiger partial charge on any atom is 0.224 e. The normalized spacial score (nSPS) is 15.3. The van der Waals surface area contributed by atoms with Crippen LogP contribution in [-0.4, -0.2) is 29.0 Å². The minimum absolute atomic E-state index is 0.203. The van der Waals surface area contributed by atoms with Crippen molar-refractivity contribution in [2.45, 2.75) is 32.1 Å². The van der Waals surface area contributed by atoms with Crippen LogP contribution < -0.4 is 10.6 Å². The number of nitrogens with one attached hydrogen (secondary N) is 2. The third kappa shape index (κ3) is 4.59. The summed E-state index contributed by atoms with van der Waals surface area (Å²) in [5.74, 6) is 1.11. The quantitative estimate of drug-likeness (QED) is 0.604. The van der Waals surface area contributed by atoms with Crippen molar-refractivity contribution >= 4 is 39.3 Å². The van der Waals surface area contributed by atoms with Crippen molar-refractivity contribution in [3.05, 3.63) is 16.0 Å². The molecule has 1 aromatic rings. The molecule has 7 heteroatoms. The predicted molar refractivity (Wildman–Crippen MR) is 82.8 cm³/mol. The number of hydrogen-bond donors (Lipinski definition) is 2. The zero-order valence-corrected chi connectivity index (χ0v) is 13.5. The van der Waals surface area contributed by atoms with E-state index in [2.05, 4.69) is 36.5 Å². The SMILES string of the molecule is O=C(NCCCNc1nc(Cl)ncc1Br)C1CCCC1. The van der Waals surface area contributed by atoms with Gasteiger partial charge >= 0.3 is 0 Å². The second-order valence-electron chi connectivity index (χ2n) is 4.89. The molecule has 2 N–H and O–H groups in total. The molecule has 0 bridgehead atoms. The molecule has 5 nitrogen and oxygen atoms in total. The maximum absolute atomic E-state index is 11.8. The van der Waals surface area contributed by atoms with Gasteiger partial charge in [0.05, 0.1) is 4.47 Å². The second kappa shape index (κ2) is 7.78. The zero-order valence-electron chi connectivity index (χ0n) is 11.2. The summed E-state index contributed by atoms with van der Waals surface area (Å²) in [5.41, 5.74) is 0. The number of halogens is 2. The summed E-state index contributed by atoms with van der Waals surface area (Å²) >= 11 is 9.08. The number of rotatable bonds is 6. The summed E-state index contributed by atoms with van der Waals surface area (Å²) in [6.07, 6.45) is 6.89. The van der Waals surface area contributed by atoms with Gasteiger partial charge in [-0.1, -0.05) is 12.8 Å². The van der Waals surface area contributed by atoms with Crippen LogP contribution in [0.15, 0.2) is 10.7 Å². The fraction of sp³-hybridized carbons (Fsp3) is 0.615. The van der Waals surface area contributed by atoms with E-state index in [0.29, 0.717) is 12.4 Å². The Labute approximate surface area is 132 Å². The number of anilines is 1. The Morgan fingerprint density at radius 2 is 2.15 bits per heavy atom. The van der Waals surface area contributed by atoms with Gasteiger partial charge in [0, 0.05) is 25.2 Å². The van der Waals surface area contributed by atoms with Gasteiger partial charge in [-0.05, 0) is 46.8 Å². The third-order valence-corrected chi connectivity index (χ3v) is 4.15. The van der Waals surface area contributed by atoms with Crippen LogP contribution in [0.3, 0.4) is 0 Å². The van der Waals surface area contributed by atoms with Crippen LogP contribution in [0, 0.1) is 5.92 Å². The first-order valence-corrected chi connectivity index (χ1v) is 8.03. The molecule has 0 spiro atoms. The first-order valence-electron chi connectivity index (χ1n) is 6.86. The number of nitrogens with zero attached hydrogens (tertiary/aromatic N) is 2. The van der Waals surface area contributed by atoms with Crippen LogP contribution in [0.4, 0.5) is 5.82 Å². The van der Waals surface area contributed by atoms with Crippen molar-refractivity contribution in [2.24, 2.45) is 5.92 Å². The van der Waals surface area contributed by atoms with E-state index in [1.54, 1.807) is 6.20 Å². The van der Waals surface area contributed by atoms with Gasteiger partial charge in [0.15, 0.2) is 0 Å². The lowest BCUT2D eigenvalue weighted by Crippen LogP contribution is -2.30. The van der Waals surface area contributed by atoms with Gasteiger partial charge in [-0.3, -0.25) is 4.79 Å². The van der Waals surface area contributed by atoms with Crippen LogP contribution in [0.5, 0.6) is 0 Å². The van der Waals surface area contributed by atoms with Crippen molar-refractivity contribution < 1.29 is 4.79 Å². The molecule has 1 saturated carbocycles. The van der Waals surface area contributed by atoms with E-state index in [-0.39, 0.29) is 17.1 Å². The highest BCUT2D eigenvalue weighted by Gasteiger charge is 2.21. The van der Waals surface area contributed by atoms with Crippen molar-refractivity contribution in [1.82, 2.24) is 15.3 Å². The van der Waals surface area contributed by atoms with Crippen molar-refractivity contribution in [2.75, 3.05) is 18.4 Å². The highest BCUT2D eigenvalue weighted by atomic mass is 79.9. The summed E-state index contributed by atoms with van der Waals surface area (Å²) in [4.78, 5) is 19.7. The van der Waals surface area contributed by atoms with Gasteiger partial charge in [-0.15, -0.1) is 0 Å². The standard InChI is InChI=1S/C13H18BrClN4O/c14-10-8-18-13(15)19-11(10)16-6-3-7-17-12(20)9-4-1-2-5-9/h8-9H,1-7H2,(H,17,20)(H,16,18,19). The lowest BCUT2D eigenvalue weighted by Gasteiger charge is -2.11. The molecule has 0 atom stereocenters. The molecule has 1 aliphatic rings. The molecule has 1 heterocycles. The summed E-state index contributed by atoms with van der Waals surface area (Å²) in [7, 11) is 0. The monoisotopic (exact) mass is 360 g/mol. The topological polar surface area (TPSA) is 66.9 Å². The van der Waals surface area contributed by atoms with Gasteiger partial charge in [0.2, 0.25) is 11.2 Å². The van der Waals surface area contributed by atoms with E-state index in [9.17, 15) is 4.79 Å². The fourth-order valence-electron chi connectivity index (χ4n) is 2.31. The van der Waals surface area contributed by atoms with Crippen molar-refractivity contribution in [1.29, 1.82) is 0 Å². The Morgan fingerprint density at radius 3 is 2.90 bits per heavy atom. The lowest BCUT2D eigenvalue weighted by molar-refractivity contribution is -0.124. The van der Waals surface area contributed by atoms with E-state index in [4.69, 9.17) is 11.6 Å². The van der Waals surface area contributed by atoms with Crippen LogP contribution in [0.25, 0.3) is 0 Å². The van der Waals surface area contributed by atoms with E-state index >= 15 is 0 Å². The van der Waals surface area contributed by atoms with Crippen LogP contribution in [-0.2, 0) is 4.79 Å². The molecule has 0 unspecified atom stereocenters. The molecule has 0 aromatic carbocycles. The van der Waals surface area contributed by atoms with Crippen molar-refractivity contribution in [3.63, 3.8) is 0 Å². The first kappa shape index (κ1) is 15.5. The number of amides is 1. The number of carbonyl (C=O) groups is 1. The first-order chi connectivity index (χ1) is 9.66. The smallest absolute Gasteiger partial charge is 0.224 e. The van der Waals surface area contributed by atoms with Gasteiger partial charge in [0.25, 0.3) is 0 Å². The Kier molecular flexibility index (Phi) is 6.04. The van der Waals surface area contributed by atoms with Crippen LogP contribution in [0.1, 0.15) is 32.1 Å². The third-order valence-electron chi connectivity index (χ3n) is 3.39. The van der Waals surface area contributed by atoms with E-state index < -0.39 is 0 Å². The zero-order chi connectivity index (χ0) is 14.4. The van der Waals surface area contributed by atoms with Gasteiger partial charge in [-0.2, -0.15) is 4.98 Å². The highest BCUT2D eigenvalue weighted by Crippen LogP contribution is 2.24. The van der Waals surface area contributed by atoms with Gasteiger partial charge < -0.3 is 10.6 Å². The molecule has 110 valence electrons. The lowest BCUT2D eigenvalue weighted by atomic mass is 10.1. The predicted octanol–water partition coefficient (Wildman–Crippen LogP) is 3.00. The molecule has 0 aliphatic heterocycles. The Bertz CT molecular complexity index is 466. The molecule has 20 heavy (non-hydrogen) atoms. The van der Waals surface area contributed by atoms with Gasteiger partial charge in [0.1, 0.15) is 5.82 Å². The average molecular weight is 362 g/mol. The van der Waals surface area contributed by atoms with E-state index in [0.717, 1.165) is 30.3 Å². The molecule has 1 aromatic heterocycles.